The largest absolute Gasteiger partial charge is 0.493 e. The van der Waals surface area contributed by atoms with Gasteiger partial charge in [-0.25, -0.2) is 0 Å². The Labute approximate surface area is 548 Å². The molecule has 0 unspecified atom stereocenters. The lowest BCUT2D eigenvalue weighted by molar-refractivity contribution is 0.216. The van der Waals surface area contributed by atoms with Crippen LogP contribution in [0.3, 0.4) is 0 Å². The zero-order chi connectivity index (χ0) is 64.0. The van der Waals surface area contributed by atoms with Crippen molar-refractivity contribution in [2.45, 2.75) is 158 Å². The van der Waals surface area contributed by atoms with Crippen LogP contribution in [0.4, 0.5) is 0 Å². The van der Waals surface area contributed by atoms with Crippen LogP contribution < -0.4 is 47.4 Å². The molecule has 0 heterocycles. The first-order valence-corrected chi connectivity index (χ1v) is 34.5. The second-order valence-electron chi connectivity index (χ2n) is 24.5. The van der Waals surface area contributed by atoms with Gasteiger partial charge >= 0.3 is 0 Å². The van der Waals surface area contributed by atoms with Crippen molar-refractivity contribution in [1.29, 1.82) is 0 Å². The Hall–Kier alpha value is -8.24. The summed E-state index contributed by atoms with van der Waals surface area (Å²) < 4.78 is 68.4. The van der Waals surface area contributed by atoms with Gasteiger partial charge in [-0.3, -0.25) is 0 Å². The van der Waals surface area contributed by atoms with Gasteiger partial charge in [0.05, 0.1) is 52.9 Å². The number of hydrogen-bond donors (Lipinski definition) is 0. The van der Waals surface area contributed by atoms with Crippen LogP contribution in [0.1, 0.15) is 196 Å². The third-order valence-corrected chi connectivity index (χ3v) is 16.8. The number of benzene rings is 8. The van der Waals surface area contributed by atoms with E-state index in [1.165, 1.54) is 0 Å². The number of para-hydroxylation sites is 6. The number of rotatable bonds is 29. The summed E-state index contributed by atoms with van der Waals surface area (Å²) in [7, 11) is 0. The second-order valence-corrected chi connectivity index (χ2v) is 24.5. The standard InChI is InChI=1S/C82H98O10/c1-9-35-85-75-57-23-17-24-58(75)46-62-28-20-32-66(78(62)88-38-12-4)50-70-54-73(53-69(81(70)91-41-15-7)49-65-31-19-27-61(45-57)77(65)87-37-11-3)83-43-44-84-74-55-71-51-67-33-21-29-63(79(67)89-39-13-5)47-59-25-18-26-60(76(59)86-36-10-2)48-64-30-22-34-68(80(64)90-40-14-6)52-72(56-74)82(71)92-42-16-8/h17-34,53-56H,9-16,35-52H2,1-8H3. The summed E-state index contributed by atoms with van der Waals surface area (Å²) in [5, 5.41) is 0. The molecule has 0 spiro atoms. The van der Waals surface area contributed by atoms with E-state index >= 15 is 0 Å². The molecule has 0 fully saturated rings. The van der Waals surface area contributed by atoms with Gasteiger partial charge in [0.15, 0.2) is 0 Å². The van der Waals surface area contributed by atoms with E-state index in [1.807, 2.05) is 0 Å². The van der Waals surface area contributed by atoms with Crippen LogP contribution in [0.5, 0.6) is 57.5 Å². The van der Waals surface area contributed by atoms with Crippen molar-refractivity contribution in [3.8, 4) is 57.5 Å². The summed E-state index contributed by atoms with van der Waals surface area (Å²) in [6, 6.07) is 48.2. The van der Waals surface area contributed by atoms with E-state index in [9.17, 15) is 0 Å². The Balaban J connectivity index is 1.05. The smallest absolute Gasteiger partial charge is 0.126 e. The molecule has 0 N–H and O–H groups in total. The Morgan fingerprint density at radius 1 is 0.185 bits per heavy atom. The highest BCUT2D eigenvalue weighted by molar-refractivity contribution is 5.60. The first-order valence-electron chi connectivity index (χ1n) is 34.5. The summed E-state index contributed by atoms with van der Waals surface area (Å²) in [5.41, 5.74) is 17.5. The number of hydrogen-bond acceptors (Lipinski definition) is 10. The maximum Gasteiger partial charge on any atom is 0.126 e. The summed E-state index contributed by atoms with van der Waals surface area (Å²) in [6.07, 6.45) is 11.9. The zero-order valence-electron chi connectivity index (χ0n) is 56.2. The summed E-state index contributed by atoms with van der Waals surface area (Å²) in [5.74, 6) is 8.74. The maximum atomic E-state index is 6.95. The highest BCUT2D eigenvalue weighted by atomic mass is 16.5. The van der Waals surface area contributed by atoms with Gasteiger partial charge in [-0.15, -0.1) is 0 Å². The molecular weight excluding hydrogens is 1140 g/mol. The van der Waals surface area contributed by atoms with Gasteiger partial charge in [0.1, 0.15) is 70.7 Å². The lowest BCUT2D eigenvalue weighted by Gasteiger charge is -2.23. The van der Waals surface area contributed by atoms with E-state index in [1.54, 1.807) is 0 Å². The van der Waals surface area contributed by atoms with Crippen LogP contribution in [0, 0.1) is 0 Å². The van der Waals surface area contributed by atoms with Crippen molar-refractivity contribution >= 4 is 0 Å². The Kier molecular flexibility index (Phi) is 24.6. The van der Waals surface area contributed by atoms with Crippen molar-refractivity contribution in [2.24, 2.45) is 0 Å². The summed E-state index contributed by atoms with van der Waals surface area (Å²) >= 11 is 0. The average Bonchev–Trinajstić information content (AvgIpc) is 0.837. The van der Waals surface area contributed by atoms with E-state index < -0.39 is 0 Å². The normalized spacial score (nSPS) is 12.6. The van der Waals surface area contributed by atoms with E-state index in [4.69, 9.17) is 47.4 Å². The van der Waals surface area contributed by atoms with E-state index in [2.05, 4.69) is 189 Å². The zero-order valence-corrected chi connectivity index (χ0v) is 56.2. The first kappa shape index (κ1) is 66.7. The molecule has 0 atom stereocenters. The minimum absolute atomic E-state index is 0.284. The van der Waals surface area contributed by atoms with Gasteiger partial charge < -0.3 is 47.4 Å². The van der Waals surface area contributed by atoms with E-state index in [0.29, 0.717) is 104 Å². The van der Waals surface area contributed by atoms with E-state index in [0.717, 1.165) is 198 Å². The number of fused-ring (bicyclic) bond motifs is 16. The molecule has 0 saturated heterocycles. The average molecular weight is 1240 g/mol. The highest BCUT2D eigenvalue weighted by Crippen LogP contribution is 2.44. The monoisotopic (exact) mass is 1240 g/mol. The van der Waals surface area contributed by atoms with Crippen LogP contribution in [0.25, 0.3) is 0 Å². The quantitative estimate of drug-likeness (QED) is 0.0422. The predicted molar refractivity (Wildman–Crippen MR) is 371 cm³/mol. The van der Waals surface area contributed by atoms with Gasteiger partial charge in [0.2, 0.25) is 0 Å². The van der Waals surface area contributed by atoms with Crippen molar-refractivity contribution in [3.63, 3.8) is 0 Å². The van der Waals surface area contributed by atoms with Crippen molar-refractivity contribution < 1.29 is 47.4 Å². The molecular formula is C82H98O10. The van der Waals surface area contributed by atoms with Crippen molar-refractivity contribution in [3.05, 3.63) is 222 Å². The molecule has 0 amide bonds. The maximum absolute atomic E-state index is 6.95. The predicted octanol–water partition coefficient (Wildman–Crippen LogP) is 18.8. The van der Waals surface area contributed by atoms with Crippen LogP contribution in [0.15, 0.2) is 133 Å². The third kappa shape index (κ3) is 16.7. The van der Waals surface area contributed by atoms with Crippen LogP contribution in [0.2, 0.25) is 0 Å². The molecule has 0 saturated carbocycles. The van der Waals surface area contributed by atoms with Crippen LogP contribution >= 0.6 is 0 Å². The molecule has 92 heavy (non-hydrogen) atoms. The first-order chi connectivity index (χ1) is 45.3. The van der Waals surface area contributed by atoms with Crippen molar-refractivity contribution in [1.82, 2.24) is 0 Å². The van der Waals surface area contributed by atoms with Gasteiger partial charge in [0.25, 0.3) is 0 Å². The molecule has 0 radical (unpaired) electrons. The Morgan fingerprint density at radius 3 is 0.478 bits per heavy atom. The van der Waals surface area contributed by atoms with Gasteiger partial charge in [-0.1, -0.05) is 165 Å². The Bertz CT molecular complexity index is 3250. The van der Waals surface area contributed by atoms with Gasteiger partial charge in [-0.2, -0.15) is 0 Å². The SMILES string of the molecule is CCCOc1c2cccc1Cc1cccc(c1OCCC)Cc1cc(OCCOc3cc4c(OCCC)c(c3)Cc3cccc(c3OCCC)Cc3cccc(c3OCCC)Cc3cccc(c3OCCC)C4)cc(c1OCCC)Cc1cccc(c1OCCC)C2. The molecule has 16 bridgehead atoms. The molecule has 2 aliphatic rings. The van der Waals surface area contributed by atoms with Crippen LogP contribution in [-0.2, 0) is 51.4 Å². The second kappa shape index (κ2) is 33.9. The molecule has 0 aromatic heterocycles. The third-order valence-electron chi connectivity index (χ3n) is 16.8. The molecule has 10 rings (SSSR count). The fourth-order valence-electron chi connectivity index (χ4n) is 12.7. The minimum atomic E-state index is 0.284. The fourth-order valence-corrected chi connectivity index (χ4v) is 12.7. The Morgan fingerprint density at radius 2 is 0.326 bits per heavy atom. The topological polar surface area (TPSA) is 92.3 Å². The summed E-state index contributed by atoms with van der Waals surface area (Å²) in [6.45, 7) is 22.6. The fraction of sp³-hybridized carbons (Fsp3) is 0.415. The van der Waals surface area contributed by atoms with E-state index in [-0.39, 0.29) is 13.2 Å². The van der Waals surface area contributed by atoms with Crippen LogP contribution in [-0.4, -0.2) is 66.1 Å². The van der Waals surface area contributed by atoms with Crippen molar-refractivity contribution in [2.75, 3.05) is 66.1 Å². The van der Waals surface area contributed by atoms with Gasteiger partial charge in [-0.05, 0) is 142 Å². The minimum Gasteiger partial charge on any atom is -0.493 e. The lowest BCUT2D eigenvalue weighted by atomic mass is 9.91. The summed E-state index contributed by atoms with van der Waals surface area (Å²) in [4.78, 5) is 0. The number of ether oxygens (including phenoxy) is 10. The molecule has 0 aliphatic heterocycles. The molecule has 10 heteroatoms. The molecule has 2 aliphatic carbocycles. The molecule has 486 valence electrons. The van der Waals surface area contributed by atoms with Gasteiger partial charge in [0, 0.05) is 73.6 Å². The molecule has 10 nitrogen and oxygen atoms in total. The molecule has 8 aromatic carbocycles. The highest BCUT2D eigenvalue weighted by Gasteiger charge is 2.26. The lowest BCUT2D eigenvalue weighted by Crippen LogP contribution is -2.13. The molecule has 8 aromatic rings.